The van der Waals surface area contributed by atoms with Crippen LogP contribution in [0.3, 0.4) is 0 Å². The third-order valence-corrected chi connectivity index (χ3v) is 21.3. The first-order valence-corrected chi connectivity index (χ1v) is 37.9. The van der Waals surface area contributed by atoms with Crippen molar-refractivity contribution in [1.82, 2.24) is 50.6 Å². The van der Waals surface area contributed by atoms with Crippen LogP contribution in [0.1, 0.15) is 107 Å². The number of carbonyl (C=O) groups excluding carboxylic acids is 1. The molecule has 0 aliphatic carbocycles. The van der Waals surface area contributed by atoms with E-state index in [1.54, 1.807) is 94.8 Å². The van der Waals surface area contributed by atoms with Crippen molar-refractivity contribution in [3.63, 3.8) is 0 Å². The molecule has 8 aromatic carbocycles. The zero-order valence-corrected chi connectivity index (χ0v) is 68.3. The quantitative estimate of drug-likeness (QED) is 0.0109. The van der Waals surface area contributed by atoms with Gasteiger partial charge in [-0.2, -0.15) is 25.5 Å². The van der Waals surface area contributed by atoms with Crippen LogP contribution in [0, 0.1) is 51.7 Å². The number of nitrogen functional groups attached to an aromatic ring is 4. The molecule has 2 aliphatic heterocycles. The van der Waals surface area contributed by atoms with Crippen LogP contribution in [0.25, 0.3) is 59.4 Å². The molecule has 3 atom stereocenters. The summed E-state index contributed by atoms with van der Waals surface area (Å²) in [6, 6.07) is 31.7. The zero-order valence-electron chi connectivity index (χ0n) is 60.2. The highest BCUT2D eigenvalue weighted by atomic mass is 127. The lowest BCUT2D eigenvalue weighted by Gasteiger charge is -2.26. The van der Waals surface area contributed by atoms with Gasteiger partial charge in [0.25, 0.3) is 11.4 Å². The summed E-state index contributed by atoms with van der Waals surface area (Å²) in [6.07, 6.45) is 16.6. The van der Waals surface area contributed by atoms with Crippen LogP contribution in [0.4, 0.5) is 39.8 Å². The van der Waals surface area contributed by atoms with Gasteiger partial charge in [-0.1, -0.05) is 83.6 Å². The van der Waals surface area contributed by atoms with Crippen LogP contribution >= 0.6 is 103 Å². The maximum atomic E-state index is 12.5. The Morgan fingerprint density at radius 1 is 0.655 bits per heavy atom. The summed E-state index contributed by atoms with van der Waals surface area (Å²) in [5, 5.41) is 85.8. The van der Waals surface area contributed by atoms with E-state index in [9.17, 15) is 29.8 Å². The first-order valence-electron chi connectivity index (χ1n) is 33.9. The van der Waals surface area contributed by atoms with Gasteiger partial charge >= 0.3 is 18.0 Å². The van der Waals surface area contributed by atoms with Gasteiger partial charge in [0.05, 0.1) is 112 Å². The fourth-order valence-electron chi connectivity index (χ4n) is 11.1. The molecule has 0 spiro atoms. The molecule has 3 unspecified atom stereocenters. The van der Waals surface area contributed by atoms with E-state index in [1.807, 2.05) is 59.4 Å². The maximum Gasteiger partial charge on any atom is 0.395 e. The van der Waals surface area contributed by atoms with E-state index in [1.165, 1.54) is 30.8 Å². The maximum absolute atomic E-state index is 12.5. The van der Waals surface area contributed by atoms with Gasteiger partial charge in [0.2, 0.25) is 0 Å². The largest absolute Gasteiger partial charge is 0.481 e. The molecule has 15 rings (SSSR count). The average molecular weight is 1860 g/mol. The lowest BCUT2D eigenvalue weighted by molar-refractivity contribution is -0.385. The SMILES string of the molecule is C.Cc1c(N)cccc1[N+](=O)[O-].Clc1ccc2[nH]ncc2c1I.Clc1ccc2c(cnn2C2CCCCO2)c1I.N=Cc1c(N)ccc(Cl)c1CC(=O)O.Nc1c(Cl)ccc2[nH]ncc12.Nc1cccc2[nH]ncc12.O=[N+]([O-])c1cccc2[nH]ncc12.[C-]#[N+]C(C(=O)OC(C)(C)C)c1c(Cl)ccc(NC2CCCCO2)c1C=N. The number of rotatable bonds is 11. The number of hydrogen-bond acceptors (Lipinski definition) is 21. The molecule has 5 aromatic heterocycles. The first kappa shape index (κ1) is 89.7. The number of nitro groups is 2. The number of aromatic nitrogens is 10. The van der Waals surface area contributed by atoms with E-state index in [0.717, 1.165) is 118 Å². The molecular weight excluding hydrogens is 1780 g/mol. The van der Waals surface area contributed by atoms with E-state index >= 15 is 0 Å². The van der Waals surface area contributed by atoms with Crippen LogP contribution < -0.4 is 28.3 Å². The number of anilines is 5. The third-order valence-electron chi connectivity index (χ3n) is 16.7. The summed E-state index contributed by atoms with van der Waals surface area (Å²) in [6.45, 7) is 15.8. The molecule has 113 heavy (non-hydrogen) atoms. The van der Waals surface area contributed by atoms with Crippen LogP contribution in [0.5, 0.6) is 0 Å². The predicted molar refractivity (Wildman–Crippen MR) is 465 cm³/mol. The number of hydrogen-bond donors (Lipinski definition) is 12. The number of carbonyl (C=O) groups is 2. The molecule has 7 heterocycles. The molecule has 2 saturated heterocycles. The minimum Gasteiger partial charge on any atom is -0.481 e. The number of carboxylic acids is 1. The van der Waals surface area contributed by atoms with Gasteiger partial charge in [-0.3, -0.25) is 50.3 Å². The Bertz CT molecular complexity index is 5460. The van der Waals surface area contributed by atoms with Crippen molar-refractivity contribution in [2.75, 3.05) is 41.5 Å². The second-order valence-corrected chi connectivity index (χ2v) is 29.6. The number of aliphatic carboxylic acids is 1. The zero-order chi connectivity index (χ0) is 81.5. The van der Waals surface area contributed by atoms with E-state index in [2.05, 4.69) is 101 Å². The van der Waals surface area contributed by atoms with Crippen molar-refractivity contribution in [2.45, 2.75) is 104 Å². The van der Waals surface area contributed by atoms with E-state index in [-0.39, 0.29) is 48.3 Å². The number of nitro benzene ring substituents is 2. The van der Waals surface area contributed by atoms with Gasteiger partial charge in [-0.15, -0.1) is 0 Å². The Hall–Kier alpha value is -10.5. The second-order valence-electron chi connectivity index (χ2n) is 25.4. The summed E-state index contributed by atoms with van der Waals surface area (Å²) in [5.41, 5.74) is 31.2. The van der Waals surface area contributed by atoms with Crippen LogP contribution in [-0.2, 0) is 30.2 Å². The number of aromatic amines is 4. The molecule has 13 aromatic rings. The highest BCUT2D eigenvalue weighted by Crippen LogP contribution is 2.37. The number of non-ortho nitro benzene ring substituents is 1. The van der Waals surface area contributed by atoms with Gasteiger partial charge in [0.1, 0.15) is 11.8 Å². The number of nitrogens with two attached hydrogens (primary N) is 4. The Morgan fingerprint density at radius 2 is 1.17 bits per heavy atom. The highest BCUT2D eigenvalue weighted by Gasteiger charge is 2.36. The lowest BCUT2D eigenvalue weighted by Crippen LogP contribution is -2.29. The van der Waals surface area contributed by atoms with Crippen molar-refractivity contribution < 1.29 is 38.8 Å². The Morgan fingerprint density at radius 3 is 1.73 bits per heavy atom. The summed E-state index contributed by atoms with van der Waals surface area (Å²) in [4.78, 5) is 46.4. The first-order chi connectivity index (χ1) is 53.5. The Kier molecular flexibility index (Phi) is 33.7. The molecule has 16 N–H and O–H groups in total. The van der Waals surface area contributed by atoms with Gasteiger partial charge in [-0.25, -0.2) is 16.0 Å². The van der Waals surface area contributed by atoms with Crippen molar-refractivity contribution in [3.05, 3.63) is 238 Å². The Balaban J connectivity index is 0.000000183. The van der Waals surface area contributed by atoms with Gasteiger partial charge < -0.3 is 58.4 Å². The normalized spacial score (nSPS) is 13.6. The molecular formula is C76H79Cl5I2N20O10. The van der Waals surface area contributed by atoms with Crippen LogP contribution in [0.15, 0.2) is 146 Å². The number of ether oxygens (including phenoxy) is 3. The monoisotopic (exact) mass is 1860 g/mol. The van der Waals surface area contributed by atoms with Gasteiger partial charge in [0, 0.05) is 111 Å². The van der Waals surface area contributed by atoms with Gasteiger partial charge in [0.15, 0.2) is 6.23 Å². The van der Waals surface area contributed by atoms with E-state index < -0.39 is 33.4 Å². The van der Waals surface area contributed by atoms with Crippen molar-refractivity contribution in [3.8, 4) is 0 Å². The molecule has 0 radical (unpaired) electrons. The van der Waals surface area contributed by atoms with Crippen LogP contribution in [0.2, 0.25) is 25.1 Å². The number of benzene rings is 8. The molecule has 37 heteroatoms. The topological polar surface area (TPSA) is 469 Å². The molecule has 2 fully saturated rings. The highest BCUT2D eigenvalue weighted by molar-refractivity contribution is 14.1. The van der Waals surface area contributed by atoms with Crippen molar-refractivity contribution in [2.24, 2.45) is 0 Å². The minimum absolute atomic E-state index is 0. The predicted octanol–water partition coefficient (Wildman–Crippen LogP) is 19.5. The molecule has 0 amide bonds. The Labute approximate surface area is 700 Å². The number of fused-ring (bicyclic) bond motifs is 5. The van der Waals surface area contributed by atoms with Gasteiger partial charge in [-0.05, 0) is 202 Å². The van der Waals surface area contributed by atoms with Crippen LogP contribution in [-0.4, -0.2) is 115 Å². The minimum atomic E-state index is -1.23. The van der Waals surface area contributed by atoms with Crippen molar-refractivity contribution in [1.29, 1.82) is 10.8 Å². The second kappa shape index (κ2) is 42.4. The smallest absolute Gasteiger partial charge is 0.395 e. The van der Waals surface area contributed by atoms with E-state index in [0.29, 0.717) is 72.6 Å². The number of nitrogens with zero attached hydrogens (tertiary/aromatic N) is 9. The number of halogens is 7. The molecule has 0 saturated carbocycles. The lowest BCUT2D eigenvalue weighted by atomic mass is 9.98. The summed E-state index contributed by atoms with van der Waals surface area (Å²) in [5.74, 6) is -1.68. The third kappa shape index (κ3) is 24.0. The number of H-pyrrole nitrogens is 4. The molecule has 2 aliphatic rings. The number of esters is 1. The van der Waals surface area contributed by atoms with Crippen molar-refractivity contribution >= 4 is 222 Å². The standard InChI is InChI=1S/C19H24ClN3O3.C12H12ClIN2O.C9H9ClN2O2.C7H4ClIN2.C7H6ClN3.C7H5N3O2.C7H7N3.C7H8N2O2.CH4/c1-19(2,3)26-18(24)17(22-4)16-12(11-21)14(9-8-13(16)20)23-15-7-5-6-10-25-15;13-9-4-5-10-8(12(9)14)7-15-16(10)11-3-1-2-6-17-11;10-7-1-2-8(12)6(4-11)5(7)3-9(13)14;2*8-5-1-2-6-4(7(5)9)3-10-11-6;11-10(12)7-3-1-2-6-5(7)4-8-9-6;8-6-2-1-3-7-5(6)4-9-10-7;1-5-6(8)3-2-4-7(5)9(10)11;/h8-9,11,15,17,21,23H,5-7,10H2,1-3H3;4-5,7,11H,1-3,6H2;1-2,4,11H,3,12H2,(H,13,14);1-3H,(H,10,11);1-3H,9H2,(H,10,11);1-4H,(H,8,9);1-4H,8H2,(H,9,10);2-4H,8H2,1H3;1H4. The fourth-order valence-corrected chi connectivity index (χ4v) is 13.3. The summed E-state index contributed by atoms with van der Waals surface area (Å²) >= 11 is 34.3. The summed E-state index contributed by atoms with van der Waals surface area (Å²) in [7, 11) is 0. The summed E-state index contributed by atoms with van der Waals surface area (Å²) < 4.78 is 20.9. The molecule has 0 bridgehead atoms. The molecule has 30 nitrogen and oxygen atoms in total. The number of carboxylic acid groups (broad SMARTS) is 1. The fraction of sp³-hybridized carbons (Fsp3) is 0.237. The molecule has 592 valence electrons. The number of nitrogens with one attached hydrogen (secondary N) is 7. The van der Waals surface area contributed by atoms with E-state index in [4.69, 9.17) is 118 Å². The average Bonchev–Trinajstić information content (AvgIpc) is 1.78.